The predicted octanol–water partition coefficient (Wildman–Crippen LogP) is 4.97. The fraction of sp³-hybridized carbons (Fsp3) is 0.611. The molecule has 0 radical (unpaired) electrons. The SMILES string of the molecule is CCCC[C@@]1(C)C(=O)CC[C@@H]1[C@H](C)c1ccccc1. The Labute approximate surface area is 117 Å². The van der Waals surface area contributed by atoms with Crippen LogP contribution < -0.4 is 0 Å². The van der Waals surface area contributed by atoms with Crippen molar-refractivity contribution in [3.8, 4) is 0 Å². The molecule has 1 aromatic carbocycles. The van der Waals surface area contributed by atoms with Crippen molar-refractivity contribution in [2.75, 3.05) is 0 Å². The Bertz CT molecular complexity index is 423. The van der Waals surface area contributed by atoms with Crippen LogP contribution in [0.2, 0.25) is 0 Å². The van der Waals surface area contributed by atoms with Gasteiger partial charge in [0.1, 0.15) is 5.78 Å². The van der Waals surface area contributed by atoms with Gasteiger partial charge in [0.25, 0.3) is 0 Å². The summed E-state index contributed by atoms with van der Waals surface area (Å²) in [6.07, 6.45) is 5.25. The molecule has 1 aliphatic rings. The summed E-state index contributed by atoms with van der Waals surface area (Å²) in [5, 5.41) is 0. The van der Waals surface area contributed by atoms with Crippen molar-refractivity contribution in [1.29, 1.82) is 0 Å². The van der Waals surface area contributed by atoms with Crippen LogP contribution in [-0.2, 0) is 4.79 Å². The summed E-state index contributed by atoms with van der Waals surface area (Å²) in [7, 11) is 0. The molecule has 0 heterocycles. The highest BCUT2D eigenvalue weighted by Crippen LogP contribution is 2.50. The Morgan fingerprint density at radius 2 is 2.00 bits per heavy atom. The molecule has 104 valence electrons. The van der Waals surface area contributed by atoms with Gasteiger partial charge in [-0.2, -0.15) is 0 Å². The molecule has 1 aliphatic carbocycles. The predicted molar refractivity (Wildman–Crippen MR) is 80.2 cm³/mol. The minimum absolute atomic E-state index is 0.0920. The van der Waals surface area contributed by atoms with Gasteiger partial charge in [-0.05, 0) is 30.2 Å². The van der Waals surface area contributed by atoms with E-state index in [9.17, 15) is 4.79 Å². The van der Waals surface area contributed by atoms with E-state index < -0.39 is 0 Å². The monoisotopic (exact) mass is 258 g/mol. The Morgan fingerprint density at radius 3 is 2.63 bits per heavy atom. The number of Topliss-reactive ketones (excluding diaryl/α,β-unsaturated/α-hetero) is 1. The summed E-state index contributed by atoms with van der Waals surface area (Å²) in [4.78, 5) is 12.3. The van der Waals surface area contributed by atoms with Gasteiger partial charge in [-0.1, -0.05) is 63.9 Å². The first-order valence-electron chi connectivity index (χ1n) is 7.68. The van der Waals surface area contributed by atoms with Crippen LogP contribution in [0, 0.1) is 11.3 Å². The number of hydrogen-bond acceptors (Lipinski definition) is 1. The Kier molecular flexibility index (Phi) is 4.44. The van der Waals surface area contributed by atoms with Crippen LogP contribution in [0.25, 0.3) is 0 Å². The summed E-state index contributed by atoms with van der Waals surface area (Å²) in [6.45, 7) is 6.71. The first kappa shape index (κ1) is 14.3. The third-order valence-corrected chi connectivity index (χ3v) is 5.12. The fourth-order valence-corrected chi connectivity index (χ4v) is 3.76. The van der Waals surface area contributed by atoms with Gasteiger partial charge in [0, 0.05) is 11.8 Å². The average molecular weight is 258 g/mol. The van der Waals surface area contributed by atoms with Crippen LogP contribution in [0.3, 0.4) is 0 Å². The van der Waals surface area contributed by atoms with Crippen LogP contribution in [0.1, 0.15) is 64.4 Å². The molecule has 0 unspecified atom stereocenters. The van der Waals surface area contributed by atoms with E-state index in [0.29, 0.717) is 17.6 Å². The van der Waals surface area contributed by atoms with Gasteiger partial charge in [-0.25, -0.2) is 0 Å². The Hall–Kier alpha value is -1.11. The van der Waals surface area contributed by atoms with Crippen molar-refractivity contribution in [2.24, 2.45) is 11.3 Å². The lowest BCUT2D eigenvalue weighted by atomic mass is 9.68. The maximum Gasteiger partial charge on any atom is 0.139 e. The molecule has 3 atom stereocenters. The normalized spacial score (nSPS) is 28.6. The molecule has 0 spiro atoms. The summed E-state index contributed by atoms with van der Waals surface area (Å²) in [6, 6.07) is 10.7. The molecule has 0 aromatic heterocycles. The Morgan fingerprint density at radius 1 is 1.32 bits per heavy atom. The van der Waals surface area contributed by atoms with E-state index in [1.807, 2.05) is 0 Å². The number of hydrogen-bond donors (Lipinski definition) is 0. The lowest BCUT2D eigenvalue weighted by Crippen LogP contribution is -2.32. The molecule has 1 aromatic rings. The molecule has 0 aliphatic heterocycles. The number of ketones is 1. The summed E-state index contributed by atoms with van der Waals surface area (Å²) in [5.41, 5.74) is 1.29. The first-order chi connectivity index (χ1) is 9.09. The van der Waals surface area contributed by atoms with E-state index >= 15 is 0 Å². The molecule has 1 heteroatoms. The maximum atomic E-state index is 12.3. The maximum absolute atomic E-state index is 12.3. The highest BCUT2D eigenvalue weighted by atomic mass is 16.1. The van der Waals surface area contributed by atoms with E-state index in [1.165, 1.54) is 18.4 Å². The van der Waals surface area contributed by atoms with Crippen molar-refractivity contribution >= 4 is 5.78 Å². The van der Waals surface area contributed by atoms with E-state index in [-0.39, 0.29) is 5.41 Å². The number of carbonyl (C=O) groups excluding carboxylic acids is 1. The van der Waals surface area contributed by atoms with Crippen LogP contribution in [0.15, 0.2) is 30.3 Å². The molecule has 0 saturated heterocycles. The fourth-order valence-electron chi connectivity index (χ4n) is 3.76. The highest BCUT2D eigenvalue weighted by Gasteiger charge is 2.47. The van der Waals surface area contributed by atoms with E-state index in [1.54, 1.807) is 0 Å². The Balaban J connectivity index is 2.20. The van der Waals surface area contributed by atoms with E-state index in [0.717, 1.165) is 19.3 Å². The molecule has 0 amide bonds. The van der Waals surface area contributed by atoms with Gasteiger partial charge in [0.15, 0.2) is 0 Å². The van der Waals surface area contributed by atoms with Crippen molar-refractivity contribution in [2.45, 2.75) is 58.8 Å². The van der Waals surface area contributed by atoms with Crippen molar-refractivity contribution in [1.82, 2.24) is 0 Å². The van der Waals surface area contributed by atoms with E-state index in [2.05, 4.69) is 51.1 Å². The number of unbranched alkanes of at least 4 members (excludes halogenated alkanes) is 1. The van der Waals surface area contributed by atoms with Crippen LogP contribution in [-0.4, -0.2) is 5.78 Å². The van der Waals surface area contributed by atoms with Crippen molar-refractivity contribution < 1.29 is 4.79 Å². The third kappa shape index (κ3) is 2.75. The molecule has 0 bridgehead atoms. The third-order valence-electron chi connectivity index (χ3n) is 5.12. The zero-order valence-electron chi connectivity index (χ0n) is 12.5. The van der Waals surface area contributed by atoms with Crippen LogP contribution in [0.4, 0.5) is 0 Å². The molecule has 1 fully saturated rings. The second kappa shape index (κ2) is 5.90. The lowest BCUT2D eigenvalue weighted by Gasteiger charge is -2.34. The summed E-state index contributed by atoms with van der Waals surface area (Å²) < 4.78 is 0. The molecule has 19 heavy (non-hydrogen) atoms. The molecule has 0 N–H and O–H groups in total. The van der Waals surface area contributed by atoms with Crippen molar-refractivity contribution in [3.63, 3.8) is 0 Å². The number of carbonyl (C=O) groups is 1. The molecular weight excluding hydrogens is 232 g/mol. The van der Waals surface area contributed by atoms with Gasteiger partial charge < -0.3 is 0 Å². The molecule has 2 rings (SSSR count). The highest BCUT2D eigenvalue weighted by molar-refractivity contribution is 5.87. The topological polar surface area (TPSA) is 17.1 Å². The standard InChI is InChI=1S/C18H26O/c1-4-5-13-18(3)16(11-12-17(18)19)14(2)15-9-7-6-8-10-15/h6-10,14,16H,4-5,11-13H2,1-3H3/t14-,16-,18-/m1/s1. The van der Waals surface area contributed by atoms with Crippen LogP contribution in [0.5, 0.6) is 0 Å². The van der Waals surface area contributed by atoms with Gasteiger partial charge >= 0.3 is 0 Å². The molecular formula is C18H26O. The first-order valence-corrected chi connectivity index (χ1v) is 7.68. The van der Waals surface area contributed by atoms with Gasteiger partial charge in [0.05, 0.1) is 0 Å². The minimum Gasteiger partial charge on any atom is -0.299 e. The number of rotatable bonds is 5. The minimum atomic E-state index is -0.0920. The van der Waals surface area contributed by atoms with Crippen molar-refractivity contribution in [3.05, 3.63) is 35.9 Å². The summed E-state index contributed by atoms with van der Waals surface area (Å²) in [5.74, 6) is 1.48. The number of benzene rings is 1. The zero-order valence-corrected chi connectivity index (χ0v) is 12.5. The second-order valence-electron chi connectivity index (χ2n) is 6.29. The summed E-state index contributed by atoms with van der Waals surface area (Å²) >= 11 is 0. The van der Waals surface area contributed by atoms with Gasteiger partial charge in [-0.3, -0.25) is 4.79 Å². The van der Waals surface area contributed by atoms with Gasteiger partial charge in [-0.15, -0.1) is 0 Å². The van der Waals surface area contributed by atoms with E-state index in [4.69, 9.17) is 0 Å². The largest absolute Gasteiger partial charge is 0.299 e. The smallest absolute Gasteiger partial charge is 0.139 e. The molecule has 1 saturated carbocycles. The molecule has 1 nitrogen and oxygen atoms in total. The van der Waals surface area contributed by atoms with Crippen LogP contribution >= 0.6 is 0 Å². The van der Waals surface area contributed by atoms with Gasteiger partial charge in [0.2, 0.25) is 0 Å². The zero-order chi connectivity index (χ0) is 13.9. The quantitative estimate of drug-likeness (QED) is 0.729. The average Bonchev–Trinajstić information content (AvgIpc) is 2.73. The lowest BCUT2D eigenvalue weighted by molar-refractivity contribution is -0.127. The second-order valence-corrected chi connectivity index (χ2v) is 6.29.